The molecule has 0 saturated carbocycles. The van der Waals surface area contributed by atoms with Crippen molar-refractivity contribution >= 4 is 5.97 Å². The lowest BCUT2D eigenvalue weighted by atomic mass is 9.96. The van der Waals surface area contributed by atoms with Crippen LogP contribution in [0.25, 0.3) is 0 Å². The Morgan fingerprint density at radius 3 is 1.92 bits per heavy atom. The second kappa shape index (κ2) is 14.3. The number of carboxylic acid groups (broad SMARTS) is 1. The fourth-order valence-electron chi connectivity index (χ4n) is 3.42. The summed E-state index contributed by atoms with van der Waals surface area (Å²) in [5.41, 5.74) is 2.98. The summed E-state index contributed by atoms with van der Waals surface area (Å²) in [6.45, 7) is 11.4. The minimum absolute atomic E-state index is 0.322. The van der Waals surface area contributed by atoms with Crippen LogP contribution in [0.1, 0.15) is 98.8 Å². The van der Waals surface area contributed by atoms with Crippen molar-refractivity contribution < 1.29 is 9.90 Å². The summed E-state index contributed by atoms with van der Waals surface area (Å²) in [4.78, 5) is 10.4. The Bertz CT molecular complexity index is 393. The van der Waals surface area contributed by atoms with Gasteiger partial charge in [0.2, 0.25) is 0 Å². The SMILES string of the molecule is CCC[C@H](C)/C=C(/C)C/C(C)=C/[C@@H](C)CCCCCCCC(=O)O. The van der Waals surface area contributed by atoms with E-state index in [0.29, 0.717) is 18.3 Å². The average Bonchev–Trinajstić information content (AvgIpc) is 2.45. The normalized spacial score (nSPS) is 15.4. The van der Waals surface area contributed by atoms with Crippen molar-refractivity contribution in [3.05, 3.63) is 23.3 Å². The van der Waals surface area contributed by atoms with Crippen LogP contribution >= 0.6 is 0 Å². The van der Waals surface area contributed by atoms with Gasteiger partial charge >= 0.3 is 5.97 Å². The van der Waals surface area contributed by atoms with Gasteiger partial charge in [0, 0.05) is 6.42 Å². The van der Waals surface area contributed by atoms with Gasteiger partial charge in [-0.25, -0.2) is 0 Å². The molecule has 2 atom stereocenters. The lowest BCUT2D eigenvalue weighted by Crippen LogP contribution is -1.95. The molecule has 0 radical (unpaired) electrons. The lowest BCUT2D eigenvalue weighted by molar-refractivity contribution is -0.137. The minimum atomic E-state index is -0.669. The number of hydrogen-bond acceptors (Lipinski definition) is 1. The van der Waals surface area contributed by atoms with E-state index >= 15 is 0 Å². The molecule has 24 heavy (non-hydrogen) atoms. The molecule has 0 heterocycles. The maximum atomic E-state index is 10.4. The summed E-state index contributed by atoms with van der Waals surface area (Å²) in [7, 11) is 0. The molecule has 140 valence electrons. The van der Waals surface area contributed by atoms with Crippen LogP contribution in [0, 0.1) is 11.8 Å². The van der Waals surface area contributed by atoms with Gasteiger partial charge in [0.25, 0.3) is 0 Å². The van der Waals surface area contributed by atoms with Gasteiger partial charge in [0.1, 0.15) is 0 Å². The zero-order valence-electron chi connectivity index (χ0n) is 16.7. The van der Waals surface area contributed by atoms with Crippen molar-refractivity contribution in [2.45, 2.75) is 98.8 Å². The zero-order chi connectivity index (χ0) is 18.4. The molecule has 0 fully saturated rings. The summed E-state index contributed by atoms with van der Waals surface area (Å²) in [5, 5.41) is 8.60. The summed E-state index contributed by atoms with van der Waals surface area (Å²) in [6.07, 6.45) is 15.6. The molecular formula is C22H40O2. The molecule has 0 aliphatic rings. The van der Waals surface area contributed by atoms with Gasteiger partial charge in [-0.05, 0) is 51.4 Å². The Balaban J connectivity index is 3.92. The number of aliphatic carboxylic acids is 1. The molecule has 0 aliphatic carbocycles. The van der Waals surface area contributed by atoms with Gasteiger partial charge in [-0.2, -0.15) is 0 Å². The first-order valence-electron chi connectivity index (χ1n) is 9.91. The van der Waals surface area contributed by atoms with Crippen molar-refractivity contribution in [2.75, 3.05) is 0 Å². The van der Waals surface area contributed by atoms with Crippen molar-refractivity contribution in [3.63, 3.8) is 0 Å². The maximum absolute atomic E-state index is 10.4. The number of allylic oxidation sites excluding steroid dienone is 4. The zero-order valence-corrected chi connectivity index (χ0v) is 16.7. The highest BCUT2D eigenvalue weighted by Gasteiger charge is 2.03. The fraction of sp³-hybridized carbons (Fsp3) is 0.773. The Kier molecular flexibility index (Phi) is 13.7. The highest BCUT2D eigenvalue weighted by Crippen LogP contribution is 2.19. The number of carboxylic acids is 1. The van der Waals surface area contributed by atoms with Crippen LogP contribution in [-0.4, -0.2) is 11.1 Å². The number of rotatable bonds is 14. The van der Waals surface area contributed by atoms with E-state index in [1.165, 1.54) is 49.7 Å². The van der Waals surface area contributed by atoms with Crippen LogP contribution in [0.5, 0.6) is 0 Å². The first kappa shape index (κ1) is 22.9. The largest absolute Gasteiger partial charge is 0.481 e. The Hall–Kier alpha value is -1.05. The molecule has 0 aliphatic heterocycles. The lowest BCUT2D eigenvalue weighted by Gasteiger charge is -2.11. The van der Waals surface area contributed by atoms with Gasteiger partial charge in [0.05, 0.1) is 0 Å². The molecule has 2 heteroatoms. The summed E-state index contributed by atoms with van der Waals surface area (Å²) in [6, 6.07) is 0. The molecule has 0 aromatic heterocycles. The molecule has 2 nitrogen and oxygen atoms in total. The van der Waals surface area contributed by atoms with Crippen LogP contribution < -0.4 is 0 Å². The minimum Gasteiger partial charge on any atom is -0.481 e. The predicted octanol–water partition coefficient (Wildman–Crippen LogP) is 7.16. The van der Waals surface area contributed by atoms with E-state index in [9.17, 15) is 4.79 Å². The molecule has 1 N–H and O–H groups in total. The Morgan fingerprint density at radius 2 is 1.38 bits per heavy atom. The standard InChI is InChI=1S/C22H40O2/c1-6-12-18(2)15-20(4)17-21(5)16-19(3)13-10-8-7-9-11-14-22(23)24/h15-16,18-19H,6-14,17H2,1-5H3,(H,23,24)/b20-15-,21-16+/t18-,19-/m0/s1. The molecule has 0 rings (SSSR count). The van der Waals surface area contributed by atoms with Gasteiger partial charge in [-0.3, -0.25) is 4.79 Å². The number of hydrogen-bond donors (Lipinski definition) is 1. The number of carbonyl (C=O) groups is 1. The molecule has 0 saturated heterocycles. The Labute approximate surface area is 150 Å². The summed E-state index contributed by atoms with van der Waals surface area (Å²) < 4.78 is 0. The van der Waals surface area contributed by atoms with Gasteiger partial charge in [-0.15, -0.1) is 0 Å². The van der Waals surface area contributed by atoms with Gasteiger partial charge < -0.3 is 5.11 Å². The van der Waals surface area contributed by atoms with E-state index in [2.05, 4.69) is 46.8 Å². The highest BCUT2D eigenvalue weighted by molar-refractivity contribution is 5.66. The molecule has 0 bridgehead atoms. The van der Waals surface area contributed by atoms with E-state index in [0.717, 1.165) is 19.3 Å². The quantitative estimate of drug-likeness (QED) is 0.270. The highest BCUT2D eigenvalue weighted by atomic mass is 16.4. The van der Waals surface area contributed by atoms with Crippen LogP contribution in [0.4, 0.5) is 0 Å². The first-order valence-corrected chi connectivity index (χ1v) is 9.91. The number of unbranched alkanes of at least 4 members (excludes halogenated alkanes) is 4. The molecule has 0 unspecified atom stereocenters. The molecule has 0 spiro atoms. The topological polar surface area (TPSA) is 37.3 Å². The third kappa shape index (κ3) is 14.5. The van der Waals surface area contributed by atoms with Crippen LogP contribution in [-0.2, 0) is 4.79 Å². The van der Waals surface area contributed by atoms with Crippen molar-refractivity contribution in [3.8, 4) is 0 Å². The van der Waals surface area contributed by atoms with Gasteiger partial charge in [-0.1, -0.05) is 76.2 Å². The third-order valence-electron chi connectivity index (χ3n) is 4.49. The summed E-state index contributed by atoms with van der Waals surface area (Å²) in [5.74, 6) is 0.670. The van der Waals surface area contributed by atoms with Crippen molar-refractivity contribution in [1.82, 2.24) is 0 Å². The monoisotopic (exact) mass is 336 g/mol. The van der Waals surface area contributed by atoms with Crippen LogP contribution in [0.15, 0.2) is 23.3 Å². The van der Waals surface area contributed by atoms with Crippen LogP contribution in [0.3, 0.4) is 0 Å². The molecule has 0 aromatic carbocycles. The summed E-state index contributed by atoms with van der Waals surface area (Å²) >= 11 is 0. The van der Waals surface area contributed by atoms with E-state index < -0.39 is 5.97 Å². The maximum Gasteiger partial charge on any atom is 0.303 e. The van der Waals surface area contributed by atoms with Crippen molar-refractivity contribution in [2.24, 2.45) is 11.8 Å². The first-order chi connectivity index (χ1) is 11.3. The molecule has 0 aromatic rings. The second-order valence-corrected chi connectivity index (χ2v) is 7.65. The van der Waals surface area contributed by atoms with E-state index in [1.54, 1.807) is 0 Å². The molecule has 0 amide bonds. The van der Waals surface area contributed by atoms with E-state index in [-0.39, 0.29) is 0 Å². The van der Waals surface area contributed by atoms with E-state index in [4.69, 9.17) is 5.11 Å². The third-order valence-corrected chi connectivity index (χ3v) is 4.49. The van der Waals surface area contributed by atoms with E-state index in [1.807, 2.05) is 0 Å². The fourth-order valence-corrected chi connectivity index (χ4v) is 3.42. The van der Waals surface area contributed by atoms with Gasteiger partial charge in [0.15, 0.2) is 0 Å². The van der Waals surface area contributed by atoms with Crippen LogP contribution in [0.2, 0.25) is 0 Å². The second-order valence-electron chi connectivity index (χ2n) is 7.65. The average molecular weight is 337 g/mol. The smallest absolute Gasteiger partial charge is 0.303 e. The molecular weight excluding hydrogens is 296 g/mol. The Morgan fingerprint density at radius 1 is 0.875 bits per heavy atom. The predicted molar refractivity (Wildman–Crippen MR) is 105 cm³/mol. The van der Waals surface area contributed by atoms with Crippen molar-refractivity contribution in [1.29, 1.82) is 0 Å².